The first-order valence-electron chi connectivity index (χ1n) is 7.72. The maximum atomic E-state index is 11.6. The van der Waals surface area contributed by atoms with Crippen molar-refractivity contribution in [3.63, 3.8) is 0 Å². The predicted octanol–water partition coefficient (Wildman–Crippen LogP) is 0.536. The van der Waals surface area contributed by atoms with Crippen LogP contribution in [0.25, 0.3) is 0 Å². The van der Waals surface area contributed by atoms with E-state index < -0.39 is 0 Å². The van der Waals surface area contributed by atoms with Crippen molar-refractivity contribution in [1.82, 2.24) is 15.1 Å². The van der Waals surface area contributed by atoms with Crippen molar-refractivity contribution in [1.29, 1.82) is 0 Å². The summed E-state index contributed by atoms with van der Waals surface area (Å²) in [5.41, 5.74) is 0. The zero-order valence-electron chi connectivity index (χ0n) is 13.4. The fourth-order valence-electron chi connectivity index (χ4n) is 2.56. The molecule has 1 amide bonds. The lowest BCUT2D eigenvalue weighted by Crippen LogP contribution is -2.47. The summed E-state index contributed by atoms with van der Waals surface area (Å²) >= 11 is 0. The molecule has 1 atom stereocenters. The molecular weight excluding hydrogens is 254 g/mol. The lowest BCUT2D eigenvalue weighted by Gasteiger charge is -2.33. The first kappa shape index (κ1) is 17.4. The molecule has 5 nitrogen and oxygen atoms in total. The molecule has 0 saturated carbocycles. The Labute approximate surface area is 123 Å². The van der Waals surface area contributed by atoms with E-state index in [9.17, 15) is 9.90 Å². The van der Waals surface area contributed by atoms with Crippen LogP contribution in [0.2, 0.25) is 0 Å². The summed E-state index contributed by atoms with van der Waals surface area (Å²) in [6.07, 6.45) is 2.70. The van der Waals surface area contributed by atoms with Crippen molar-refractivity contribution in [3.8, 4) is 0 Å². The van der Waals surface area contributed by atoms with Crippen molar-refractivity contribution < 1.29 is 9.90 Å². The Morgan fingerprint density at radius 1 is 1.35 bits per heavy atom. The Morgan fingerprint density at radius 2 is 1.95 bits per heavy atom. The number of aliphatic hydroxyl groups excluding tert-OH is 1. The summed E-state index contributed by atoms with van der Waals surface area (Å²) in [7, 11) is 3.60. The monoisotopic (exact) mass is 285 g/mol. The second-order valence-electron chi connectivity index (χ2n) is 6.53. The van der Waals surface area contributed by atoms with Gasteiger partial charge in [-0.15, -0.1) is 0 Å². The highest BCUT2D eigenvalue weighted by Crippen LogP contribution is 2.11. The molecule has 1 saturated heterocycles. The summed E-state index contributed by atoms with van der Waals surface area (Å²) in [4.78, 5) is 15.5. The minimum Gasteiger partial charge on any atom is -0.392 e. The quantitative estimate of drug-likeness (QED) is 0.717. The van der Waals surface area contributed by atoms with Crippen LogP contribution in [0.5, 0.6) is 0 Å². The summed E-state index contributed by atoms with van der Waals surface area (Å²) in [6.45, 7) is 7.37. The van der Waals surface area contributed by atoms with Gasteiger partial charge in [-0.25, -0.2) is 0 Å². The van der Waals surface area contributed by atoms with Crippen LogP contribution in [0.4, 0.5) is 0 Å². The van der Waals surface area contributed by atoms with E-state index in [0.717, 1.165) is 32.4 Å². The molecule has 0 spiro atoms. The van der Waals surface area contributed by atoms with Crippen LogP contribution in [-0.2, 0) is 4.79 Å². The second-order valence-corrected chi connectivity index (χ2v) is 6.53. The lowest BCUT2D eigenvalue weighted by atomic mass is 10.0. The van der Waals surface area contributed by atoms with Crippen molar-refractivity contribution >= 4 is 5.91 Å². The average molecular weight is 285 g/mol. The fourth-order valence-corrected chi connectivity index (χ4v) is 2.56. The van der Waals surface area contributed by atoms with Gasteiger partial charge < -0.3 is 15.3 Å². The van der Waals surface area contributed by atoms with E-state index in [-0.39, 0.29) is 12.0 Å². The van der Waals surface area contributed by atoms with Crippen molar-refractivity contribution in [3.05, 3.63) is 0 Å². The van der Waals surface area contributed by atoms with Gasteiger partial charge in [-0.1, -0.05) is 13.8 Å². The Hall–Kier alpha value is -0.650. The lowest BCUT2D eigenvalue weighted by molar-refractivity contribution is -0.130. The second kappa shape index (κ2) is 8.60. The topological polar surface area (TPSA) is 55.8 Å². The predicted molar refractivity (Wildman–Crippen MR) is 81.6 cm³/mol. The third-order valence-corrected chi connectivity index (χ3v) is 3.83. The largest absolute Gasteiger partial charge is 0.392 e. The molecular formula is C15H31N3O2. The molecule has 1 rings (SSSR count). The van der Waals surface area contributed by atoms with Crippen molar-refractivity contribution in [2.75, 3.05) is 40.3 Å². The molecule has 0 aromatic carbocycles. The number of carbonyl (C=O) groups is 1. The van der Waals surface area contributed by atoms with Gasteiger partial charge in [0, 0.05) is 39.8 Å². The number of carbonyl (C=O) groups excluding carboxylic acids is 1. The maximum Gasteiger partial charge on any atom is 0.236 e. The molecule has 5 heteroatoms. The first-order chi connectivity index (χ1) is 9.38. The highest BCUT2D eigenvalue weighted by Gasteiger charge is 2.21. The van der Waals surface area contributed by atoms with Gasteiger partial charge in [0.25, 0.3) is 0 Å². The van der Waals surface area contributed by atoms with Crippen LogP contribution in [0.15, 0.2) is 0 Å². The van der Waals surface area contributed by atoms with Gasteiger partial charge in [-0.2, -0.15) is 0 Å². The summed E-state index contributed by atoms with van der Waals surface area (Å²) in [5, 5.41) is 13.3. The number of nitrogens with one attached hydrogen (secondary N) is 1. The van der Waals surface area contributed by atoms with E-state index in [4.69, 9.17) is 0 Å². The molecule has 2 N–H and O–H groups in total. The summed E-state index contributed by atoms with van der Waals surface area (Å²) in [6, 6.07) is 0.475. The maximum absolute atomic E-state index is 11.6. The molecule has 0 aromatic heterocycles. The zero-order valence-corrected chi connectivity index (χ0v) is 13.4. The van der Waals surface area contributed by atoms with Gasteiger partial charge in [0.15, 0.2) is 0 Å². The molecule has 0 bridgehead atoms. The number of rotatable bonds is 7. The molecule has 1 aliphatic heterocycles. The Balaban J connectivity index is 2.17. The number of piperidine rings is 1. The molecule has 1 aliphatic rings. The molecule has 1 heterocycles. The zero-order chi connectivity index (χ0) is 15.1. The minimum atomic E-state index is -0.247. The third kappa shape index (κ3) is 6.68. The van der Waals surface area contributed by atoms with E-state index in [1.165, 1.54) is 0 Å². The fraction of sp³-hybridized carbons (Fsp3) is 0.933. The van der Waals surface area contributed by atoms with Gasteiger partial charge >= 0.3 is 0 Å². The molecule has 1 unspecified atom stereocenters. The Kier molecular flexibility index (Phi) is 7.48. The molecule has 0 aliphatic carbocycles. The van der Waals surface area contributed by atoms with E-state index in [1.807, 2.05) is 0 Å². The van der Waals surface area contributed by atoms with E-state index >= 15 is 0 Å². The number of hydrogen-bond acceptors (Lipinski definition) is 4. The normalized spacial score (nSPS) is 19.3. The van der Waals surface area contributed by atoms with Crippen LogP contribution >= 0.6 is 0 Å². The number of amides is 1. The van der Waals surface area contributed by atoms with Gasteiger partial charge in [-0.3, -0.25) is 9.69 Å². The molecule has 118 valence electrons. The molecule has 20 heavy (non-hydrogen) atoms. The van der Waals surface area contributed by atoms with Crippen LogP contribution in [-0.4, -0.2) is 73.2 Å². The first-order valence-corrected chi connectivity index (χ1v) is 7.72. The van der Waals surface area contributed by atoms with E-state index in [1.54, 1.807) is 19.0 Å². The van der Waals surface area contributed by atoms with Crippen LogP contribution in [0, 0.1) is 5.92 Å². The summed E-state index contributed by atoms with van der Waals surface area (Å²) in [5.74, 6) is 0.703. The Morgan fingerprint density at radius 3 is 2.45 bits per heavy atom. The minimum absolute atomic E-state index is 0.170. The Bertz CT molecular complexity index is 287. The number of aliphatic hydroxyl groups is 1. The SMILES string of the molecule is CC(C)CC(O)CNC1CCN(CC(=O)N(C)C)CC1. The highest BCUT2D eigenvalue weighted by atomic mass is 16.3. The third-order valence-electron chi connectivity index (χ3n) is 3.83. The standard InChI is InChI=1S/C15H31N3O2/c1-12(2)9-14(19)10-16-13-5-7-18(8-6-13)11-15(20)17(3)4/h12-14,16,19H,5-11H2,1-4H3. The van der Waals surface area contributed by atoms with Crippen LogP contribution in [0.3, 0.4) is 0 Å². The van der Waals surface area contributed by atoms with Crippen molar-refractivity contribution in [2.45, 2.75) is 45.3 Å². The average Bonchev–Trinajstić information content (AvgIpc) is 2.37. The number of hydrogen-bond donors (Lipinski definition) is 2. The van der Waals surface area contributed by atoms with E-state index in [2.05, 4.69) is 24.1 Å². The highest BCUT2D eigenvalue weighted by molar-refractivity contribution is 5.77. The van der Waals surface area contributed by atoms with Gasteiger partial charge in [0.05, 0.1) is 12.6 Å². The van der Waals surface area contributed by atoms with Crippen LogP contribution < -0.4 is 5.32 Å². The van der Waals surface area contributed by atoms with Gasteiger partial charge in [0.1, 0.15) is 0 Å². The molecule has 0 aromatic rings. The molecule has 0 radical (unpaired) electrons. The number of likely N-dealkylation sites (tertiary alicyclic amines) is 1. The summed E-state index contributed by atoms with van der Waals surface area (Å²) < 4.78 is 0. The van der Waals surface area contributed by atoms with Crippen LogP contribution in [0.1, 0.15) is 33.1 Å². The number of nitrogens with zero attached hydrogens (tertiary/aromatic N) is 2. The van der Waals surface area contributed by atoms with E-state index in [0.29, 0.717) is 25.0 Å². The smallest absolute Gasteiger partial charge is 0.236 e. The number of likely N-dealkylation sites (N-methyl/N-ethyl adjacent to an activating group) is 1. The van der Waals surface area contributed by atoms with Gasteiger partial charge in [-0.05, 0) is 25.2 Å². The van der Waals surface area contributed by atoms with Crippen molar-refractivity contribution in [2.24, 2.45) is 5.92 Å². The van der Waals surface area contributed by atoms with Gasteiger partial charge in [0.2, 0.25) is 5.91 Å². The molecule has 1 fully saturated rings.